The molecule has 3 aromatic rings. The Morgan fingerprint density at radius 3 is 2.52 bits per heavy atom. The number of aromatic nitrogens is 3. The fourth-order valence-corrected chi connectivity index (χ4v) is 4.08. The maximum atomic E-state index is 11.9. The monoisotopic (exact) mass is 392 g/mol. The Morgan fingerprint density at radius 2 is 1.79 bits per heavy atom. The van der Waals surface area contributed by atoms with Gasteiger partial charge in [0, 0.05) is 24.3 Å². The molecule has 0 unspecified atom stereocenters. The lowest BCUT2D eigenvalue weighted by molar-refractivity contribution is 0.232. The van der Waals surface area contributed by atoms with Gasteiger partial charge in [-0.25, -0.2) is 14.8 Å². The van der Waals surface area contributed by atoms with Gasteiger partial charge in [0.1, 0.15) is 11.5 Å². The van der Waals surface area contributed by atoms with Crippen molar-refractivity contribution in [2.24, 2.45) is 0 Å². The summed E-state index contributed by atoms with van der Waals surface area (Å²) in [6, 6.07) is 10.1. The van der Waals surface area contributed by atoms with Gasteiger partial charge in [0.2, 0.25) is 0 Å². The van der Waals surface area contributed by atoms with Gasteiger partial charge in [-0.1, -0.05) is 43.2 Å². The number of H-pyrrole nitrogens is 1. The van der Waals surface area contributed by atoms with Crippen LogP contribution < -0.4 is 16.0 Å². The van der Waals surface area contributed by atoms with Crippen molar-refractivity contribution in [3.8, 4) is 11.4 Å². The number of rotatable bonds is 4. The van der Waals surface area contributed by atoms with Gasteiger partial charge in [-0.3, -0.25) is 0 Å². The van der Waals surface area contributed by atoms with Crippen molar-refractivity contribution in [1.82, 2.24) is 25.6 Å². The minimum atomic E-state index is -0.143. The van der Waals surface area contributed by atoms with E-state index in [4.69, 9.17) is 9.97 Å². The molecule has 1 aliphatic carbocycles. The molecule has 2 heterocycles. The van der Waals surface area contributed by atoms with Crippen molar-refractivity contribution in [3.63, 3.8) is 0 Å². The highest BCUT2D eigenvalue weighted by Crippen LogP contribution is 2.31. The molecule has 0 radical (unpaired) electrons. The molecular weight excluding hydrogens is 364 g/mol. The van der Waals surface area contributed by atoms with Crippen LogP contribution in [0.4, 0.5) is 10.6 Å². The van der Waals surface area contributed by atoms with Crippen molar-refractivity contribution in [1.29, 1.82) is 0 Å². The molecule has 2 aromatic heterocycles. The normalized spacial score (nSPS) is 19.1. The van der Waals surface area contributed by atoms with Crippen LogP contribution >= 0.6 is 0 Å². The Hall–Kier alpha value is -3.09. The summed E-state index contributed by atoms with van der Waals surface area (Å²) in [5.41, 5.74) is 4.05. The molecule has 7 nitrogen and oxygen atoms in total. The summed E-state index contributed by atoms with van der Waals surface area (Å²) in [4.78, 5) is 25.0. The van der Waals surface area contributed by atoms with Gasteiger partial charge in [0.05, 0.1) is 11.4 Å². The largest absolute Gasteiger partial charge is 0.365 e. The summed E-state index contributed by atoms with van der Waals surface area (Å²) in [6.07, 6.45) is 4.19. The topological polar surface area (TPSA) is 94.7 Å². The lowest BCUT2D eigenvalue weighted by atomic mass is 9.90. The molecule has 0 bridgehead atoms. The molecule has 0 aliphatic heterocycles. The standard InChI is InChI=1S/C22H28N6O/c1-13-14(2)24-20-18(13)21(28-19(27-20)15-9-5-4-6-10-15)25-16-11-7-8-12-17(16)26-22(29)23-3/h4-6,9-10,16-17H,7-8,11-12H2,1-3H3,(H2,23,26,29)(H2,24,25,27,28)/t16-,17-/m0/s1. The molecule has 2 amide bonds. The van der Waals surface area contributed by atoms with Crippen LogP contribution in [0, 0.1) is 13.8 Å². The van der Waals surface area contributed by atoms with Crippen molar-refractivity contribution < 1.29 is 4.79 Å². The SMILES string of the molecule is CNC(=O)N[C@H]1CCCC[C@@H]1Nc1nc(-c2ccccc2)nc2[nH]c(C)c(C)c12. The number of urea groups is 1. The minimum absolute atomic E-state index is 0.0641. The Balaban J connectivity index is 1.74. The van der Waals surface area contributed by atoms with Gasteiger partial charge in [0.15, 0.2) is 5.82 Å². The van der Waals surface area contributed by atoms with E-state index in [1.165, 1.54) is 0 Å². The molecular formula is C22H28N6O. The fourth-order valence-electron chi connectivity index (χ4n) is 4.08. The Labute approximate surface area is 170 Å². The fraction of sp³-hybridized carbons (Fsp3) is 0.409. The zero-order valence-corrected chi connectivity index (χ0v) is 17.2. The summed E-state index contributed by atoms with van der Waals surface area (Å²) in [6.45, 7) is 4.14. The Kier molecular flexibility index (Phi) is 5.38. The second-order valence-electron chi connectivity index (χ2n) is 7.73. The number of hydrogen-bond donors (Lipinski definition) is 4. The summed E-state index contributed by atoms with van der Waals surface area (Å²) in [7, 11) is 1.65. The number of anilines is 1. The predicted molar refractivity (Wildman–Crippen MR) is 116 cm³/mol. The van der Waals surface area contributed by atoms with Crippen LogP contribution in [0.1, 0.15) is 36.9 Å². The highest BCUT2D eigenvalue weighted by molar-refractivity contribution is 5.93. The first-order valence-electron chi connectivity index (χ1n) is 10.2. The molecule has 152 valence electrons. The van der Waals surface area contributed by atoms with Crippen molar-refractivity contribution >= 4 is 22.9 Å². The van der Waals surface area contributed by atoms with E-state index in [-0.39, 0.29) is 18.1 Å². The highest BCUT2D eigenvalue weighted by Gasteiger charge is 2.28. The number of aromatic amines is 1. The van der Waals surface area contributed by atoms with Gasteiger partial charge in [0.25, 0.3) is 0 Å². The van der Waals surface area contributed by atoms with Crippen LogP contribution in [0.5, 0.6) is 0 Å². The van der Waals surface area contributed by atoms with E-state index in [1.807, 2.05) is 30.3 Å². The van der Waals surface area contributed by atoms with Crippen LogP contribution in [0.3, 0.4) is 0 Å². The minimum Gasteiger partial charge on any atom is -0.365 e. The summed E-state index contributed by atoms with van der Waals surface area (Å²) in [5, 5.41) is 10.4. The second-order valence-corrected chi connectivity index (χ2v) is 7.73. The maximum absolute atomic E-state index is 11.9. The Morgan fingerprint density at radius 1 is 1.07 bits per heavy atom. The van der Waals surface area contributed by atoms with Crippen LogP contribution in [-0.4, -0.2) is 40.1 Å². The van der Waals surface area contributed by atoms with Crippen LogP contribution in [0.25, 0.3) is 22.4 Å². The van der Waals surface area contributed by atoms with Crippen LogP contribution in [0.2, 0.25) is 0 Å². The van der Waals surface area contributed by atoms with Gasteiger partial charge < -0.3 is 20.9 Å². The summed E-state index contributed by atoms with van der Waals surface area (Å²) < 4.78 is 0. The van der Waals surface area contributed by atoms with Gasteiger partial charge in [-0.05, 0) is 32.3 Å². The number of fused-ring (bicyclic) bond motifs is 1. The number of nitrogens with one attached hydrogen (secondary N) is 4. The molecule has 29 heavy (non-hydrogen) atoms. The lowest BCUT2D eigenvalue weighted by Gasteiger charge is -2.33. The smallest absolute Gasteiger partial charge is 0.314 e. The Bertz CT molecular complexity index is 1010. The van der Waals surface area contributed by atoms with Crippen molar-refractivity contribution in [3.05, 3.63) is 41.6 Å². The molecule has 4 rings (SSSR count). The molecule has 0 spiro atoms. The zero-order chi connectivity index (χ0) is 20.4. The van der Waals surface area contributed by atoms with Gasteiger partial charge in [-0.15, -0.1) is 0 Å². The number of carbonyl (C=O) groups excluding carboxylic acids is 1. The number of nitrogens with zero attached hydrogens (tertiary/aromatic N) is 2. The van der Waals surface area contributed by atoms with E-state index >= 15 is 0 Å². The first-order chi connectivity index (χ1) is 14.1. The highest BCUT2D eigenvalue weighted by atomic mass is 16.2. The van der Waals surface area contributed by atoms with E-state index in [1.54, 1.807) is 7.05 Å². The zero-order valence-electron chi connectivity index (χ0n) is 17.2. The molecule has 0 saturated heterocycles. The van der Waals surface area contributed by atoms with Gasteiger partial charge >= 0.3 is 6.03 Å². The van der Waals surface area contributed by atoms with E-state index in [9.17, 15) is 4.79 Å². The van der Waals surface area contributed by atoms with E-state index in [0.29, 0.717) is 5.82 Å². The molecule has 2 atom stereocenters. The van der Waals surface area contributed by atoms with Crippen molar-refractivity contribution in [2.45, 2.75) is 51.6 Å². The predicted octanol–water partition coefficient (Wildman–Crippen LogP) is 3.89. The molecule has 1 aromatic carbocycles. The number of aryl methyl sites for hydroxylation is 2. The third-order valence-electron chi connectivity index (χ3n) is 5.82. The number of carbonyl (C=O) groups is 1. The quantitative estimate of drug-likeness (QED) is 0.542. The van der Waals surface area contributed by atoms with Crippen LogP contribution in [-0.2, 0) is 0 Å². The first kappa shape index (κ1) is 19.2. The maximum Gasteiger partial charge on any atom is 0.314 e. The number of benzene rings is 1. The molecule has 1 aliphatic rings. The third kappa shape index (κ3) is 3.90. The van der Waals surface area contributed by atoms with E-state index in [0.717, 1.165) is 59.4 Å². The lowest BCUT2D eigenvalue weighted by Crippen LogP contribution is -2.51. The van der Waals surface area contributed by atoms with E-state index < -0.39 is 0 Å². The van der Waals surface area contributed by atoms with Crippen molar-refractivity contribution in [2.75, 3.05) is 12.4 Å². The molecule has 1 saturated carbocycles. The number of amides is 2. The second kappa shape index (κ2) is 8.11. The van der Waals surface area contributed by atoms with Crippen LogP contribution in [0.15, 0.2) is 30.3 Å². The average Bonchev–Trinajstić information content (AvgIpc) is 3.03. The summed E-state index contributed by atoms with van der Waals surface area (Å²) >= 11 is 0. The first-order valence-corrected chi connectivity index (χ1v) is 10.2. The van der Waals surface area contributed by atoms with E-state index in [2.05, 4.69) is 34.8 Å². The molecule has 7 heteroatoms. The molecule has 4 N–H and O–H groups in total. The third-order valence-corrected chi connectivity index (χ3v) is 5.82. The molecule has 1 fully saturated rings. The van der Waals surface area contributed by atoms with Gasteiger partial charge in [-0.2, -0.15) is 0 Å². The average molecular weight is 393 g/mol. The number of hydrogen-bond acceptors (Lipinski definition) is 4. The summed E-state index contributed by atoms with van der Waals surface area (Å²) in [5.74, 6) is 1.51.